The molecule has 0 spiro atoms. The lowest BCUT2D eigenvalue weighted by molar-refractivity contribution is 0.102. The average molecular weight is 335 g/mol. The lowest BCUT2D eigenvalue weighted by atomic mass is 10.1. The molecule has 1 N–H and O–H groups in total. The molecule has 1 heterocycles. The molecule has 0 unspecified atom stereocenters. The smallest absolute Gasteiger partial charge is 0.259 e. The van der Waals surface area contributed by atoms with Crippen molar-refractivity contribution in [1.82, 2.24) is 9.78 Å². The van der Waals surface area contributed by atoms with Crippen LogP contribution in [0.25, 0.3) is 5.69 Å². The highest BCUT2D eigenvalue weighted by molar-refractivity contribution is 6.05. The minimum atomic E-state index is -0.178. The van der Waals surface area contributed by atoms with E-state index in [1.165, 1.54) is 5.56 Å². The van der Waals surface area contributed by atoms with Gasteiger partial charge < -0.3 is 10.1 Å². The monoisotopic (exact) mass is 335 g/mol. The first-order valence-corrected chi connectivity index (χ1v) is 8.22. The van der Waals surface area contributed by atoms with Gasteiger partial charge in [0.1, 0.15) is 5.75 Å². The van der Waals surface area contributed by atoms with Crippen LogP contribution in [0.15, 0.2) is 54.7 Å². The molecule has 1 amide bonds. The topological polar surface area (TPSA) is 56.2 Å². The Labute approximate surface area is 147 Å². The minimum absolute atomic E-state index is 0.178. The summed E-state index contributed by atoms with van der Waals surface area (Å²) < 4.78 is 6.95. The highest BCUT2D eigenvalue weighted by Gasteiger charge is 2.16. The van der Waals surface area contributed by atoms with Gasteiger partial charge in [0, 0.05) is 5.69 Å². The van der Waals surface area contributed by atoms with E-state index in [9.17, 15) is 4.79 Å². The number of para-hydroxylation sites is 1. The van der Waals surface area contributed by atoms with Gasteiger partial charge in [0.05, 0.1) is 30.3 Å². The lowest BCUT2D eigenvalue weighted by Gasteiger charge is -2.10. The summed E-state index contributed by atoms with van der Waals surface area (Å²) in [6.07, 6.45) is 2.52. The molecule has 0 aliphatic carbocycles. The van der Waals surface area contributed by atoms with Crippen LogP contribution in [0.2, 0.25) is 0 Å². The van der Waals surface area contributed by atoms with Crippen molar-refractivity contribution in [1.29, 1.82) is 0 Å². The van der Waals surface area contributed by atoms with Crippen LogP contribution < -0.4 is 10.1 Å². The molecule has 25 heavy (non-hydrogen) atoms. The summed E-state index contributed by atoms with van der Waals surface area (Å²) in [4.78, 5) is 12.6. The summed E-state index contributed by atoms with van der Waals surface area (Å²) in [6, 6.07) is 15.3. The normalized spacial score (nSPS) is 10.5. The molecule has 0 radical (unpaired) electrons. The number of rotatable bonds is 5. The Balaban J connectivity index is 1.86. The Kier molecular flexibility index (Phi) is 4.84. The first kappa shape index (κ1) is 16.8. The largest absolute Gasteiger partial charge is 0.497 e. The Hall–Kier alpha value is -3.08. The van der Waals surface area contributed by atoms with Gasteiger partial charge in [-0.25, -0.2) is 4.68 Å². The van der Waals surface area contributed by atoms with E-state index < -0.39 is 0 Å². The molecule has 5 heteroatoms. The van der Waals surface area contributed by atoms with E-state index in [4.69, 9.17) is 4.74 Å². The van der Waals surface area contributed by atoms with Gasteiger partial charge in [0.25, 0.3) is 5.91 Å². The van der Waals surface area contributed by atoms with Gasteiger partial charge in [0.2, 0.25) is 0 Å². The summed E-state index contributed by atoms with van der Waals surface area (Å²) in [5.41, 5.74) is 4.28. The Morgan fingerprint density at radius 3 is 2.56 bits per heavy atom. The molecule has 0 aliphatic rings. The van der Waals surface area contributed by atoms with E-state index >= 15 is 0 Å². The number of nitrogens with zero attached hydrogens (tertiary/aromatic N) is 2. The van der Waals surface area contributed by atoms with E-state index in [0.717, 1.165) is 23.6 Å². The van der Waals surface area contributed by atoms with Crippen molar-refractivity contribution in [2.45, 2.75) is 20.3 Å². The van der Waals surface area contributed by atoms with Crippen molar-refractivity contribution in [3.05, 3.63) is 71.5 Å². The molecule has 3 rings (SSSR count). The van der Waals surface area contributed by atoms with E-state index in [0.29, 0.717) is 11.3 Å². The van der Waals surface area contributed by atoms with E-state index in [1.54, 1.807) is 13.3 Å². The number of anilines is 1. The number of benzene rings is 2. The summed E-state index contributed by atoms with van der Waals surface area (Å²) in [5.74, 6) is 0.570. The molecule has 128 valence electrons. The third-order valence-corrected chi connectivity index (χ3v) is 4.20. The fourth-order valence-corrected chi connectivity index (χ4v) is 2.76. The van der Waals surface area contributed by atoms with Gasteiger partial charge in [-0.15, -0.1) is 0 Å². The molecule has 5 nitrogen and oxygen atoms in total. The quantitative estimate of drug-likeness (QED) is 0.766. The van der Waals surface area contributed by atoms with Gasteiger partial charge in [0.15, 0.2) is 0 Å². The summed E-state index contributed by atoms with van der Waals surface area (Å²) in [6.45, 7) is 4.01. The number of amides is 1. The van der Waals surface area contributed by atoms with E-state index in [1.807, 2.05) is 54.1 Å². The molecular formula is C20H21N3O2. The van der Waals surface area contributed by atoms with Crippen LogP contribution in [0.1, 0.15) is 28.5 Å². The van der Waals surface area contributed by atoms with Crippen LogP contribution in [-0.4, -0.2) is 22.8 Å². The third-order valence-electron chi connectivity index (χ3n) is 4.20. The van der Waals surface area contributed by atoms with Crippen molar-refractivity contribution in [3.63, 3.8) is 0 Å². The Morgan fingerprint density at radius 2 is 1.88 bits per heavy atom. The number of aromatic nitrogens is 2. The van der Waals surface area contributed by atoms with Crippen LogP contribution in [0.4, 0.5) is 5.69 Å². The van der Waals surface area contributed by atoms with Crippen LogP contribution in [0.5, 0.6) is 5.75 Å². The number of methoxy groups -OCH3 is 1. The zero-order valence-electron chi connectivity index (χ0n) is 14.6. The Bertz CT molecular complexity index is 882. The van der Waals surface area contributed by atoms with Gasteiger partial charge in [-0.2, -0.15) is 5.10 Å². The van der Waals surface area contributed by atoms with Crippen molar-refractivity contribution < 1.29 is 9.53 Å². The van der Waals surface area contributed by atoms with Crippen LogP contribution >= 0.6 is 0 Å². The van der Waals surface area contributed by atoms with Crippen molar-refractivity contribution in [2.24, 2.45) is 0 Å². The molecule has 0 bridgehead atoms. The molecular weight excluding hydrogens is 314 g/mol. The van der Waals surface area contributed by atoms with Crippen molar-refractivity contribution in [2.75, 3.05) is 12.4 Å². The number of nitrogens with one attached hydrogen (secondary N) is 1. The molecule has 1 aromatic heterocycles. The molecule has 3 aromatic rings. The number of carbonyl (C=O) groups excluding carboxylic acids is 1. The maximum Gasteiger partial charge on any atom is 0.259 e. The van der Waals surface area contributed by atoms with Gasteiger partial charge in [-0.1, -0.05) is 25.1 Å². The highest BCUT2D eigenvalue weighted by atomic mass is 16.5. The zero-order valence-corrected chi connectivity index (χ0v) is 14.6. The predicted octanol–water partition coefficient (Wildman–Crippen LogP) is 4.00. The number of carbonyl (C=O) groups is 1. The van der Waals surface area contributed by atoms with Crippen molar-refractivity contribution >= 4 is 11.6 Å². The van der Waals surface area contributed by atoms with Crippen LogP contribution in [-0.2, 0) is 6.42 Å². The van der Waals surface area contributed by atoms with Gasteiger partial charge in [-0.3, -0.25) is 4.79 Å². The second kappa shape index (κ2) is 7.21. The van der Waals surface area contributed by atoms with Gasteiger partial charge >= 0.3 is 0 Å². The zero-order chi connectivity index (χ0) is 17.8. The fraction of sp³-hybridized carbons (Fsp3) is 0.200. The van der Waals surface area contributed by atoms with E-state index in [-0.39, 0.29) is 5.91 Å². The molecule has 0 saturated heterocycles. The summed E-state index contributed by atoms with van der Waals surface area (Å²) >= 11 is 0. The van der Waals surface area contributed by atoms with Crippen LogP contribution in [0, 0.1) is 6.92 Å². The molecule has 0 saturated carbocycles. The molecule has 0 aliphatic heterocycles. The number of ether oxygens (including phenoxy) is 1. The maximum absolute atomic E-state index is 12.6. The first-order valence-electron chi connectivity index (χ1n) is 8.22. The molecule has 2 aromatic carbocycles. The van der Waals surface area contributed by atoms with Crippen LogP contribution in [0.3, 0.4) is 0 Å². The molecule has 0 atom stereocenters. The SMILES string of the molecule is CCc1ccccc1-n1ncc(C(=O)Nc2ccc(OC)cc2)c1C. The standard InChI is InChI=1S/C20H21N3O2/c1-4-15-7-5-6-8-19(15)23-14(2)18(13-21-23)20(24)22-16-9-11-17(25-3)12-10-16/h5-13H,4H2,1-3H3,(H,22,24). The third kappa shape index (κ3) is 3.40. The van der Waals surface area contributed by atoms with Gasteiger partial charge in [-0.05, 0) is 49.2 Å². The second-order valence-electron chi connectivity index (χ2n) is 5.72. The second-order valence-corrected chi connectivity index (χ2v) is 5.72. The maximum atomic E-state index is 12.6. The molecule has 0 fully saturated rings. The average Bonchev–Trinajstić information content (AvgIpc) is 3.03. The number of hydrogen-bond donors (Lipinski definition) is 1. The summed E-state index contributed by atoms with van der Waals surface area (Å²) in [7, 11) is 1.61. The highest BCUT2D eigenvalue weighted by Crippen LogP contribution is 2.20. The number of hydrogen-bond acceptors (Lipinski definition) is 3. The fourth-order valence-electron chi connectivity index (χ4n) is 2.76. The van der Waals surface area contributed by atoms with Crippen molar-refractivity contribution in [3.8, 4) is 11.4 Å². The lowest BCUT2D eigenvalue weighted by Crippen LogP contribution is -2.13. The first-order chi connectivity index (χ1) is 12.1. The minimum Gasteiger partial charge on any atom is -0.497 e. The number of aryl methyl sites for hydroxylation is 1. The predicted molar refractivity (Wildman–Crippen MR) is 98.6 cm³/mol. The van der Waals surface area contributed by atoms with E-state index in [2.05, 4.69) is 23.4 Å². The Morgan fingerprint density at radius 1 is 1.16 bits per heavy atom. The summed E-state index contributed by atoms with van der Waals surface area (Å²) in [5, 5.41) is 7.32.